The number of rotatable bonds is 3. The SMILES string of the molecule is CC(C)(C)OC(=O)CSC1CS(=O)(=O)CC1O. The minimum Gasteiger partial charge on any atom is -0.459 e. The maximum atomic E-state index is 11.4. The normalized spacial score (nSPS) is 28.0. The maximum absolute atomic E-state index is 11.4. The first-order chi connectivity index (χ1) is 7.59. The molecule has 7 heteroatoms. The van der Waals surface area contributed by atoms with Crippen LogP contribution in [-0.2, 0) is 19.4 Å². The summed E-state index contributed by atoms with van der Waals surface area (Å²) >= 11 is 1.14. The van der Waals surface area contributed by atoms with E-state index in [2.05, 4.69) is 0 Å². The summed E-state index contributed by atoms with van der Waals surface area (Å²) in [6.45, 7) is 5.30. The number of thioether (sulfide) groups is 1. The Bertz CT molecular complexity index is 382. The average molecular weight is 282 g/mol. The molecule has 100 valence electrons. The number of hydrogen-bond acceptors (Lipinski definition) is 6. The van der Waals surface area contributed by atoms with Gasteiger partial charge in [0.15, 0.2) is 9.84 Å². The lowest BCUT2D eigenvalue weighted by Gasteiger charge is -2.20. The molecule has 0 spiro atoms. The maximum Gasteiger partial charge on any atom is 0.316 e. The topological polar surface area (TPSA) is 80.7 Å². The second kappa shape index (κ2) is 5.16. The first-order valence-electron chi connectivity index (χ1n) is 5.31. The Hall–Kier alpha value is -0.270. The van der Waals surface area contributed by atoms with E-state index in [1.165, 1.54) is 0 Å². The number of carbonyl (C=O) groups is 1. The predicted octanol–water partition coefficient (Wildman–Crippen LogP) is 0.219. The van der Waals surface area contributed by atoms with Gasteiger partial charge < -0.3 is 9.84 Å². The van der Waals surface area contributed by atoms with E-state index in [0.29, 0.717) is 0 Å². The molecule has 5 nitrogen and oxygen atoms in total. The lowest BCUT2D eigenvalue weighted by molar-refractivity contribution is -0.151. The molecule has 0 aromatic heterocycles. The molecule has 2 unspecified atom stereocenters. The summed E-state index contributed by atoms with van der Waals surface area (Å²) in [6, 6.07) is 0. The molecule has 0 saturated carbocycles. The monoisotopic (exact) mass is 282 g/mol. The van der Waals surface area contributed by atoms with Gasteiger partial charge in [0, 0.05) is 5.25 Å². The van der Waals surface area contributed by atoms with Gasteiger partial charge in [-0.1, -0.05) is 0 Å². The van der Waals surface area contributed by atoms with Gasteiger partial charge in [0.25, 0.3) is 0 Å². The van der Waals surface area contributed by atoms with Gasteiger partial charge in [-0.05, 0) is 20.8 Å². The van der Waals surface area contributed by atoms with Crippen molar-refractivity contribution in [3.63, 3.8) is 0 Å². The smallest absolute Gasteiger partial charge is 0.316 e. The summed E-state index contributed by atoms with van der Waals surface area (Å²) in [5.74, 6) is -0.603. The highest BCUT2D eigenvalue weighted by Crippen LogP contribution is 2.25. The Morgan fingerprint density at radius 1 is 1.41 bits per heavy atom. The van der Waals surface area contributed by atoms with E-state index in [9.17, 15) is 18.3 Å². The Morgan fingerprint density at radius 2 is 2.00 bits per heavy atom. The zero-order valence-electron chi connectivity index (χ0n) is 10.2. The zero-order valence-corrected chi connectivity index (χ0v) is 11.8. The molecule has 1 aliphatic heterocycles. The third kappa shape index (κ3) is 5.27. The largest absolute Gasteiger partial charge is 0.459 e. The van der Waals surface area contributed by atoms with Gasteiger partial charge in [0.1, 0.15) is 5.60 Å². The molecule has 2 atom stereocenters. The zero-order chi connectivity index (χ0) is 13.3. The summed E-state index contributed by atoms with van der Waals surface area (Å²) in [5, 5.41) is 9.09. The molecule has 0 aromatic carbocycles. The second-order valence-corrected chi connectivity index (χ2v) is 8.46. The molecule has 0 aliphatic carbocycles. The number of sulfone groups is 1. The van der Waals surface area contributed by atoms with E-state index >= 15 is 0 Å². The van der Waals surface area contributed by atoms with Crippen LogP contribution in [0.5, 0.6) is 0 Å². The van der Waals surface area contributed by atoms with Crippen LogP contribution in [0.1, 0.15) is 20.8 Å². The van der Waals surface area contributed by atoms with Crippen molar-refractivity contribution in [1.82, 2.24) is 0 Å². The van der Waals surface area contributed by atoms with E-state index in [1.54, 1.807) is 20.8 Å². The number of carbonyl (C=O) groups excluding carboxylic acids is 1. The molecule has 1 rings (SSSR count). The van der Waals surface area contributed by atoms with Gasteiger partial charge >= 0.3 is 5.97 Å². The summed E-state index contributed by atoms with van der Waals surface area (Å²) < 4.78 is 27.6. The molecule has 0 bridgehead atoms. The number of aliphatic hydroxyl groups is 1. The summed E-state index contributed by atoms with van der Waals surface area (Å²) in [7, 11) is -3.15. The van der Waals surface area contributed by atoms with Gasteiger partial charge in [-0.15, -0.1) is 11.8 Å². The molecular formula is C10H18O5S2. The highest BCUT2D eigenvalue weighted by atomic mass is 32.2. The van der Waals surface area contributed by atoms with Crippen LogP contribution in [0.4, 0.5) is 0 Å². The van der Waals surface area contributed by atoms with Crippen molar-refractivity contribution in [3.05, 3.63) is 0 Å². The molecule has 0 aromatic rings. The van der Waals surface area contributed by atoms with Gasteiger partial charge in [-0.25, -0.2) is 8.42 Å². The van der Waals surface area contributed by atoms with Gasteiger partial charge in [0.2, 0.25) is 0 Å². The van der Waals surface area contributed by atoms with Crippen molar-refractivity contribution in [2.75, 3.05) is 17.3 Å². The Balaban J connectivity index is 2.40. The summed E-state index contributed by atoms with van der Waals surface area (Å²) in [6.07, 6.45) is -0.882. The molecule has 1 heterocycles. The Kier molecular flexibility index (Phi) is 4.49. The molecular weight excluding hydrogens is 264 g/mol. The van der Waals surface area contributed by atoms with Gasteiger partial charge in [-0.3, -0.25) is 4.79 Å². The molecule has 1 fully saturated rings. The lowest BCUT2D eigenvalue weighted by Crippen LogP contribution is -2.27. The van der Waals surface area contributed by atoms with Crippen molar-refractivity contribution in [2.45, 2.75) is 37.7 Å². The van der Waals surface area contributed by atoms with E-state index in [0.717, 1.165) is 11.8 Å². The number of hydrogen-bond donors (Lipinski definition) is 1. The third-order valence-corrected chi connectivity index (χ3v) is 5.35. The first kappa shape index (κ1) is 14.8. The van der Waals surface area contributed by atoms with Crippen LogP contribution in [0, 0.1) is 0 Å². The fourth-order valence-electron chi connectivity index (χ4n) is 1.50. The quantitative estimate of drug-likeness (QED) is 0.746. The number of esters is 1. The third-order valence-electron chi connectivity index (χ3n) is 2.11. The summed E-state index contributed by atoms with van der Waals surface area (Å²) in [4.78, 5) is 11.4. The molecule has 0 radical (unpaired) electrons. The van der Waals surface area contributed by atoms with Crippen molar-refractivity contribution >= 4 is 27.6 Å². The highest BCUT2D eigenvalue weighted by molar-refractivity contribution is 8.02. The highest BCUT2D eigenvalue weighted by Gasteiger charge is 2.37. The summed E-state index contributed by atoms with van der Waals surface area (Å²) in [5.41, 5.74) is -0.544. The molecule has 1 N–H and O–H groups in total. The minimum absolute atomic E-state index is 0.0640. The van der Waals surface area contributed by atoms with Crippen molar-refractivity contribution < 1.29 is 23.1 Å². The van der Waals surface area contributed by atoms with Crippen molar-refractivity contribution in [1.29, 1.82) is 0 Å². The average Bonchev–Trinajstić information content (AvgIpc) is 2.33. The number of aliphatic hydroxyl groups excluding tert-OH is 1. The predicted molar refractivity (Wildman–Crippen MR) is 66.8 cm³/mol. The van der Waals surface area contributed by atoms with Gasteiger partial charge in [-0.2, -0.15) is 0 Å². The second-order valence-electron chi connectivity index (χ2n) is 5.08. The Labute approximate surface area is 106 Å². The van der Waals surface area contributed by atoms with Crippen LogP contribution < -0.4 is 0 Å². The van der Waals surface area contributed by atoms with Crippen molar-refractivity contribution in [2.24, 2.45) is 0 Å². The fourth-order valence-corrected chi connectivity index (χ4v) is 4.97. The van der Waals surface area contributed by atoms with Crippen LogP contribution in [0.15, 0.2) is 0 Å². The van der Waals surface area contributed by atoms with Crippen molar-refractivity contribution in [3.8, 4) is 0 Å². The molecule has 0 amide bonds. The molecule has 1 saturated heterocycles. The molecule has 17 heavy (non-hydrogen) atoms. The Morgan fingerprint density at radius 3 is 2.41 bits per heavy atom. The van der Waals surface area contributed by atoms with E-state index in [4.69, 9.17) is 4.74 Å². The van der Waals surface area contributed by atoms with E-state index in [1.807, 2.05) is 0 Å². The first-order valence-corrected chi connectivity index (χ1v) is 8.18. The van der Waals surface area contributed by atoms with Crippen LogP contribution >= 0.6 is 11.8 Å². The van der Waals surface area contributed by atoms with Crippen LogP contribution in [0.25, 0.3) is 0 Å². The standard InChI is InChI=1S/C10H18O5S2/c1-10(2,3)15-9(12)4-16-8-6-17(13,14)5-7(8)11/h7-8,11H,4-6H2,1-3H3. The lowest BCUT2D eigenvalue weighted by atomic mass is 10.2. The van der Waals surface area contributed by atoms with E-state index < -0.39 is 26.8 Å². The molecule has 1 aliphatic rings. The van der Waals surface area contributed by atoms with Gasteiger partial charge in [0.05, 0.1) is 23.4 Å². The fraction of sp³-hybridized carbons (Fsp3) is 0.900. The van der Waals surface area contributed by atoms with E-state index in [-0.39, 0.29) is 23.2 Å². The van der Waals surface area contributed by atoms with Crippen LogP contribution in [0.3, 0.4) is 0 Å². The number of ether oxygens (including phenoxy) is 1. The van der Waals surface area contributed by atoms with Crippen LogP contribution in [0.2, 0.25) is 0 Å². The minimum atomic E-state index is -3.15. The van der Waals surface area contributed by atoms with Crippen LogP contribution in [-0.4, -0.2) is 53.7 Å².